The molecule has 4 nitrogen and oxygen atoms in total. The number of benzene rings is 12. The van der Waals surface area contributed by atoms with Crippen LogP contribution in [0.2, 0.25) is 0 Å². The number of rotatable bonds is 12. The third-order valence-corrected chi connectivity index (χ3v) is 16.1. The van der Waals surface area contributed by atoms with Crippen LogP contribution < -0.4 is 18.8 Å². The van der Waals surface area contributed by atoms with Crippen molar-refractivity contribution in [1.82, 2.24) is 0 Å². The fourth-order valence-electron chi connectivity index (χ4n) is 11.2. The van der Waals surface area contributed by atoms with Gasteiger partial charge < -0.3 is 18.8 Å². The van der Waals surface area contributed by atoms with Crippen LogP contribution in [-0.2, 0) is 0 Å². The molecule has 4 heterocycles. The van der Waals surface area contributed by atoms with Crippen molar-refractivity contribution in [2.24, 2.45) is 0 Å². The van der Waals surface area contributed by atoms with Gasteiger partial charge in [-0.25, -0.2) is 17.7 Å². The Labute approximate surface area is 580 Å². The van der Waals surface area contributed by atoms with Gasteiger partial charge in [-0.1, -0.05) is 267 Å². The summed E-state index contributed by atoms with van der Waals surface area (Å²) in [6.07, 6.45) is 0. The molecule has 0 saturated heterocycles. The van der Waals surface area contributed by atoms with Gasteiger partial charge in [0.1, 0.15) is 0 Å². The molecule has 0 radical (unpaired) electrons. The minimum atomic E-state index is 0. The maximum Gasteiger partial charge on any atom is 0.361 e. The molecular formula is C92H68F4O4. The SMILES string of the molecule is [F-].[F-].[F-].[F-].c1ccc(-c2cc(-c3ccccc3)[o+]c(-c3ccccc3)c2)cc1.c1ccc(-c2cc(-c3ccccc3)[o+]c(-c3ccccc3)c2)cc1.c1ccc(-c2cc(-c3ccccc3)[o+]c(-c3ccccc3)c2)cc1.c1ccc(-c2cc(-c3ccccc3)[o+]c(-c3ccccc3)c2)cc1. The molecule has 0 spiro atoms. The first-order valence-electron chi connectivity index (χ1n) is 32.2. The van der Waals surface area contributed by atoms with Gasteiger partial charge in [0.2, 0.25) is 0 Å². The molecule has 0 aliphatic heterocycles. The van der Waals surface area contributed by atoms with Gasteiger partial charge in [-0.05, 0) is 119 Å². The molecule has 0 aliphatic carbocycles. The van der Waals surface area contributed by atoms with E-state index in [4.69, 9.17) is 17.7 Å². The van der Waals surface area contributed by atoms with Gasteiger partial charge in [0, 0.05) is 22.3 Å². The molecule has 0 bridgehead atoms. The van der Waals surface area contributed by atoms with E-state index in [1.165, 1.54) is 22.3 Å². The predicted molar refractivity (Wildman–Crippen MR) is 398 cm³/mol. The summed E-state index contributed by atoms with van der Waals surface area (Å²) in [6.45, 7) is 0. The molecule has 0 amide bonds. The Bertz CT molecular complexity index is 3830. The highest BCUT2D eigenvalue weighted by Crippen LogP contribution is 2.38. The van der Waals surface area contributed by atoms with Gasteiger partial charge in [-0.15, -0.1) is 0 Å². The molecule has 0 saturated carbocycles. The van der Waals surface area contributed by atoms with Crippen LogP contribution >= 0.6 is 0 Å². The fraction of sp³-hybridized carbons (Fsp3) is 0. The van der Waals surface area contributed by atoms with E-state index < -0.39 is 0 Å². The second-order valence-corrected chi connectivity index (χ2v) is 22.7. The van der Waals surface area contributed by atoms with Crippen LogP contribution in [-0.4, -0.2) is 0 Å². The van der Waals surface area contributed by atoms with Crippen molar-refractivity contribution in [3.63, 3.8) is 0 Å². The summed E-state index contributed by atoms with van der Waals surface area (Å²) in [6, 6.07) is 140. The Morgan fingerprint density at radius 3 is 0.290 bits per heavy atom. The maximum absolute atomic E-state index is 6.21. The van der Waals surface area contributed by atoms with Crippen LogP contribution in [0.15, 0.2) is 430 Å². The van der Waals surface area contributed by atoms with Crippen LogP contribution in [0.25, 0.3) is 135 Å². The molecule has 12 aromatic carbocycles. The summed E-state index contributed by atoms with van der Waals surface area (Å²) >= 11 is 0. The molecule has 0 fully saturated rings. The van der Waals surface area contributed by atoms with E-state index in [1.807, 2.05) is 170 Å². The van der Waals surface area contributed by atoms with Crippen molar-refractivity contribution in [1.29, 1.82) is 0 Å². The minimum absolute atomic E-state index is 0. The lowest BCUT2D eigenvalue weighted by Crippen LogP contribution is -3.00. The summed E-state index contributed by atoms with van der Waals surface area (Å²) in [4.78, 5) is 0. The molecule has 100 heavy (non-hydrogen) atoms. The lowest BCUT2D eigenvalue weighted by Gasteiger charge is -2.02. The van der Waals surface area contributed by atoms with Gasteiger partial charge >= 0.3 is 46.1 Å². The average molecular weight is 1310 g/mol. The fourth-order valence-corrected chi connectivity index (χ4v) is 11.2. The first-order chi connectivity index (χ1) is 47.6. The quantitative estimate of drug-likeness (QED) is 0.0903. The molecule has 0 unspecified atom stereocenters. The monoisotopic (exact) mass is 1310 g/mol. The molecule has 0 atom stereocenters. The maximum atomic E-state index is 6.21. The van der Waals surface area contributed by atoms with Crippen molar-refractivity contribution in [3.05, 3.63) is 413 Å². The smallest absolute Gasteiger partial charge is 0.361 e. The summed E-state index contributed by atoms with van der Waals surface area (Å²) < 4.78 is 24.8. The molecule has 16 rings (SSSR count). The molecule has 0 aliphatic rings. The molecular weight excluding hydrogens is 1240 g/mol. The van der Waals surface area contributed by atoms with Crippen molar-refractivity contribution in [2.45, 2.75) is 0 Å². The Morgan fingerprint density at radius 1 is 0.100 bits per heavy atom. The summed E-state index contributed by atoms with van der Waals surface area (Å²) in [5.41, 5.74) is 18.0. The zero-order valence-electron chi connectivity index (χ0n) is 54.4. The summed E-state index contributed by atoms with van der Waals surface area (Å²) in [5.74, 6) is 6.97. The van der Waals surface area contributed by atoms with E-state index in [-0.39, 0.29) is 18.8 Å². The van der Waals surface area contributed by atoms with Gasteiger partial charge in [-0.3, -0.25) is 0 Å². The molecule has 0 N–H and O–H groups in total. The van der Waals surface area contributed by atoms with Crippen molar-refractivity contribution in [3.8, 4) is 135 Å². The average Bonchev–Trinajstić information content (AvgIpc) is 0.831. The van der Waals surface area contributed by atoms with E-state index in [9.17, 15) is 0 Å². The predicted octanol–water partition coefficient (Wildman–Crippen LogP) is 14.3. The Balaban J connectivity index is 0.000000153. The standard InChI is InChI=1S/4C23H17O.4FH/c4*1-4-10-18(11-5-1)21-16-22(19-12-6-2-7-13-19)24-23(17-21)20-14-8-3-9-15-20;;;;/h4*1-17H;4*1H/q4*+1;;;;/p-4. The highest BCUT2D eigenvalue weighted by Gasteiger charge is 2.25. The second-order valence-electron chi connectivity index (χ2n) is 22.7. The topological polar surface area (TPSA) is 45.2 Å². The van der Waals surface area contributed by atoms with E-state index in [0.717, 1.165) is 113 Å². The first kappa shape index (κ1) is 71.3. The van der Waals surface area contributed by atoms with Crippen LogP contribution in [0, 0.1) is 0 Å². The highest BCUT2D eigenvalue weighted by atomic mass is 19.0. The van der Waals surface area contributed by atoms with Gasteiger partial charge in [0.05, 0.1) is 93.0 Å². The minimum Gasteiger partial charge on any atom is -1.00 e. The second kappa shape index (κ2) is 36.2. The summed E-state index contributed by atoms with van der Waals surface area (Å²) in [5, 5.41) is 0. The van der Waals surface area contributed by atoms with Crippen LogP contribution in [0.5, 0.6) is 0 Å². The molecule has 16 aromatic rings. The van der Waals surface area contributed by atoms with Gasteiger partial charge in [0.25, 0.3) is 0 Å². The third kappa shape index (κ3) is 18.7. The van der Waals surface area contributed by atoms with E-state index >= 15 is 0 Å². The zero-order chi connectivity index (χ0) is 64.8. The van der Waals surface area contributed by atoms with E-state index in [1.54, 1.807) is 0 Å². The Morgan fingerprint density at radius 2 is 0.190 bits per heavy atom. The molecule has 8 heteroatoms. The normalized spacial score (nSPS) is 10.1. The van der Waals surface area contributed by atoms with Crippen LogP contribution in [0.4, 0.5) is 0 Å². The largest absolute Gasteiger partial charge is 1.00 e. The van der Waals surface area contributed by atoms with Crippen molar-refractivity contribution >= 4 is 0 Å². The molecule has 4 aromatic heterocycles. The van der Waals surface area contributed by atoms with E-state index in [2.05, 4.69) is 243 Å². The highest BCUT2D eigenvalue weighted by molar-refractivity contribution is 5.79. The van der Waals surface area contributed by atoms with Gasteiger partial charge in [-0.2, -0.15) is 0 Å². The lowest BCUT2D eigenvalue weighted by atomic mass is 10.0. The van der Waals surface area contributed by atoms with E-state index in [0.29, 0.717) is 0 Å². The van der Waals surface area contributed by atoms with Gasteiger partial charge in [0.15, 0.2) is 0 Å². The number of hydrogen-bond acceptors (Lipinski definition) is 0. The number of halogens is 4. The Hall–Kier alpha value is -13.0. The van der Waals surface area contributed by atoms with Crippen molar-refractivity contribution < 1.29 is 36.5 Å². The lowest BCUT2D eigenvalue weighted by molar-refractivity contribution is -0.00100. The molecule has 488 valence electrons. The zero-order valence-corrected chi connectivity index (χ0v) is 54.4. The first-order valence-corrected chi connectivity index (χ1v) is 32.2. The van der Waals surface area contributed by atoms with Crippen LogP contribution in [0.3, 0.4) is 0 Å². The van der Waals surface area contributed by atoms with Crippen LogP contribution in [0.1, 0.15) is 0 Å². The van der Waals surface area contributed by atoms with Crippen molar-refractivity contribution in [2.75, 3.05) is 0 Å². The Kier molecular flexibility index (Phi) is 25.8. The number of hydrogen-bond donors (Lipinski definition) is 0. The third-order valence-electron chi connectivity index (χ3n) is 16.1. The summed E-state index contributed by atoms with van der Waals surface area (Å²) in [7, 11) is 0.